The second kappa shape index (κ2) is 6.30. The monoisotopic (exact) mass is 295 g/mol. The van der Waals surface area contributed by atoms with E-state index in [1.165, 1.54) is 7.11 Å². The zero-order valence-corrected chi connectivity index (χ0v) is 11.1. The van der Waals surface area contributed by atoms with Crippen LogP contribution in [0.15, 0.2) is 36.4 Å². The Balaban J connectivity index is 2.23. The van der Waals surface area contributed by atoms with Crippen molar-refractivity contribution in [1.82, 2.24) is 0 Å². The average Bonchev–Trinajstić information content (AvgIpc) is 2.49. The van der Waals surface area contributed by atoms with Crippen molar-refractivity contribution < 1.29 is 22.7 Å². The maximum absolute atomic E-state index is 13.5. The molecule has 3 nitrogen and oxygen atoms in total. The number of anilines is 1. The van der Waals surface area contributed by atoms with Crippen LogP contribution in [0.2, 0.25) is 0 Å². The van der Waals surface area contributed by atoms with E-state index in [0.717, 1.165) is 6.07 Å². The highest BCUT2D eigenvalue weighted by Gasteiger charge is 2.13. The van der Waals surface area contributed by atoms with Gasteiger partial charge < -0.3 is 10.1 Å². The van der Waals surface area contributed by atoms with Crippen molar-refractivity contribution in [2.24, 2.45) is 0 Å². The van der Waals surface area contributed by atoms with Crippen molar-refractivity contribution in [1.29, 1.82) is 0 Å². The molecule has 0 atom stereocenters. The van der Waals surface area contributed by atoms with E-state index in [0.29, 0.717) is 17.2 Å². The molecule has 2 aromatic carbocycles. The highest BCUT2D eigenvalue weighted by atomic mass is 19.2. The van der Waals surface area contributed by atoms with Gasteiger partial charge in [0.15, 0.2) is 11.6 Å². The molecule has 0 spiro atoms. The highest BCUT2D eigenvalue weighted by Crippen LogP contribution is 2.20. The molecule has 0 amide bonds. The van der Waals surface area contributed by atoms with Crippen molar-refractivity contribution in [2.45, 2.75) is 6.54 Å². The molecule has 0 aliphatic rings. The Labute approximate surface area is 119 Å². The molecular formula is C15H12F3NO2. The van der Waals surface area contributed by atoms with Crippen molar-refractivity contribution in [3.8, 4) is 0 Å². The van der Waals surface area contributed by atoms with Gasteiger partial charge in [0.05, 0.1) is 18.4 Å². The first-order valence-corrected chi connectivity index (χ1v) is 6.07. The summed E-state index contributed by atoms with van der Waals surface area (Å²) in [6, 6.07) is 7.82. The smallest absolute Gasteiger partial charge is 0.338 e. The van der Waals surface area contributed by atoms with Crippen LogP contribution in [0.4, 0.5) is 18.9 Å². The fraction of sp³-hybridized carbons (Fsp3) is 0.133. The quantitative estimate of drug-likeness (QED) is 0.693. The number of nitrogens with one attached hydrogen (secondary N) is 1. The molecule has 0 saturated heterocycles. The lowest BCUT2D eigenvalue weighted by Gasteiger charge is -2.11. The Morgan fingerprint density at radius 3 is 2.62 bits per heavy atom. The van der Waals surface area contributed by atoms with Crippen LogP contribution < -0.4 is 5.32 Å². The molecule has 0 fully saturated rings. The molecule has 0 aromatic heterocycles. The predicted octanol–water partition coefficient (Wildman–Crippen LogP) is 3.50. The second-order valence-electron chi connectivity index (χ2n) is 4.25. The van der Waals surface area contributed by atoms with Crippen LogP contribution in [0.3, 0.4) is 0 Å². The van der Waals surface area contributed by atoms with Gasteiger partial charge in [0.25, 0.3) is 0 Å². The lowest BCUT2D eigenvalue weighted by atomic mass is 10.1. The van der Waals surface area contributed by atoms with Crippen LogP contribution in [0.1, 0.15) is 15.9 Å². The van der Waals surface area contributed by atoms with E-state index in [1.54, 1.807) is 24.3 Å². The molecule has 2 aromatic rings. The number of carbonyl (C=O) groups excluding carboxylic acids is 1. The largest absolute Gasteiger partial charge is 0.465 e. The highest BCUT2D eigenvalue weighted by molar-refractivity contribution is 5.91. The van der Waals surface area contributed by atoms with Gasteiger partial charge >= 0.3 is 5.97 Å². The molecule has 0 aliphatic carbocycles. The second-order valence-corrected chi connectivity index (χ2v) is 4.25. The zero-order valence-electron chi connectivity index (χ0n) is 11.1. The van der Waals surface area contributed by atoms with Crippen LogP contribution in [-0.2, 0) is 11.3 Å². The van der Waals surface area contributed by atoms with Gasteiger partial charge in [-0.2, -0.15) is 0 Å². The van der Waals surface area contributed by atoms with Gasteiger partial charge in [0.2, 0.25) is 0 Å². The molecule has 2 rings (SSSR count). The maximum atomic E-state index is 13.5. The number of hydrogen-bond donors (Lipinski definition) is 1. The van der Waals surface area contributed by atoms with Gasteiger partial charge in [-0.3, -0.25) is 0 Å². The van der Waals surface area contributed by atoms with Crippen LogP contribution in [0, 0.1) is 17.5 Å². The van der Waals surface area contributed by atoms with Gasteiger partial charge in [0.1, 0.15) is 5.82 Å². The molecule has 0 radical (unpaired) electrons. The standard InChI is InChI=1S/C15H12F3NO2/c1-21-15(20)11-5-3-2-4-9(11)8-19-13-7-10(16)6-12(17)14(13)18/h2-7,19H,8H2,1H3. The van der Waals surface area contributed by atoms with E-state index >= 15 is 0 Å². The summed E-state index contributed by atoms with van der Waals surface area (Å²) in [5.74, 6) is -3.89. The third-order valence-electron chi connectivity index (χ3n) is 2.88. The summed E-state index contributed by atoms with van der Waals surface area (Å²) in [5, 5.41) is 2.57. The number of ether oxygens (including phenoxy) is 1. The fourth-order valence-electron chi connectivity index (χ4n) is 1.86. The molecule has 1 N–H and O–H groups in total. The molecule has 0 unspecified atom stereocenters. The lowest BCUT2D eigenvalue weighted by Crippen LogP contribution is -2.10. The number of rotatable bonds is 4. The van der Waals surface area contributed by atoms with Gasteiger partial charge in [0, 0.05) is 18.7 Å². The number of benzene rings is 2. The molecule has 0 bridgehead atoms. The molecule has 0 aliphatic heterocycles. The Bertz CT molecular complexity index is 674. The minimum Gasteiger partial charge on any atom is -0.465 e. The number of methoxy groups -OCH3 is 1. The number of hydrogen-bond acceptors (Lipinski definition) is 3. The minimum atomic E-state index is -1.28. The molecule has 0 saturated carbocycles. The first-order valence-electron chi connectivity index (χ1n) is 6.07. The SMILES string of the molecule is COC(=O)c1ccccc1CNc1cc(F)cc(F)c1F. The zero-order chi connectivity index (χ0) is 15.4. The summed E-state index contributed by atoms with van der Waals surface area (Å²) < 4.78 is 44.3. The van der Waals surface area contributed by atoms with Crippen molar-refractivity contribution in [3.63, 3.8) is 0 Å². The molecule has 6 heteroatoms. The summed E-state index contributed by atoms with van der Waals surface area (Å²) in [6.07, 6.45) is 0. The topological polar surface area (TPSA) is 38.3 Å². The van der Waals surface area contributed by atoms with E-state index < -0.39 is 23.4 Å². The van der Waals surface area contributed by atoms with Crippen molar-refractivity contribution in [3.05, 3.63) is 65.0 Å². The Morgan fingerprint density at radius 2 is 1.90 bits per heavy atom. The van der Waals surface area contributed by atoms with Gasteiger partial charge in [-0.25, -0.2) is 18.0 Å². The molecular weight excluding hydrogens is 283 g/mol. The normalized spacial score (nSPS) is 10.3. The summed E-state index contributed by atoms with van der Waals surface area (Å²) in [4.78, 5) is 11.6. The minimum absolute atomic E-state index is 0.0189. The van der Waals surface area contributed by atoms with Gasteiger partial charge in [-0.05, 0) is 11.6 Å². The fourth-order valence-corrected chi connectivity index (χ4v) is 1.86. The predicted molar refractivity (Wildman–Crippen MR) is 71.4 cm³/mol. The van der Waals surface area contributed by atoms with Crippen molar-refractivity contribution >= 4 is 11.7 Å². The third-order valence-corrected chi connectivity index (χ3v) is 2.88. The Kier molecular flexibility index (Phi) is 4.47. The van der Waals surface area contributed by atoms with Crippen molar-refractivity contribution in [2.75, 3.05) is 12.4 Å². The third kappa shape index (κ3) is 3.34. The number of halogens is 3. The molecule has 0 heterocycles. The number of esters is 1. The van der Waals surface area contributed by atoms with E-state index in [4.69, 9.17) is 0 Å². The van der Waals surface area contributed by atoms with Crippen LogP contribution >= 0.6 is 0 Å². The van der Waals surface area contributed by atoms with Crippen LogP contribution in [0.5, 0.6) is 0 Å². The Morgan fingerprint density at radius 1 is 1.19 bits per heavy atom. The van der Waals surface area contributed by atoms with E-state index in [-0.39, 0.29) is 12.2 Å². The van der Waals surface area contributed by atoms with Gasteiger partial charge in [-0.1, -0.05) is 18.2 Å². The first-order chi connectivity index (χ1) is 10.0. The summed E-state index contributed by atoms with van der Waals surface area (Å²) in [6.45, 7) is 0.0189. The number of carbonyl (C=O) groups is 1. The average molecular weight is 295 g/mol. The Hall–Kier alpha value is -2.50. The van der Waals surface area contributed by atoms with Crippen LogP contribution in [-0.4, -0.2) is 13.1 Å². The van der Waals surface area contributed by atoms with Crippen LogP contribution in [0.25, 0.3) is 0 Å². The summed E-state index contributed by atoms with van der Waals surface area (Å²) >= 11 is 0. The molecule has 21 heavy (non-hydrogen) atoms. The molecule has 110 valence electrons. The van der Waals surface area contributed by atoms with E-state index in [9.17, 15) is 18.0 Å². The van der Waals surface area contributed by atoms with Gasteiger partial charge in [-0.15, -0.1) is 0 Å². The van der Waals surface area contributed by atoms with E-state index in [2.05, 4.69) is 10.1 Å². The summed E-state index contributed by atoms with van der Waals surface area (Å²) in [7, 11) is 1.24. The lowest BCUT2D eigenvalue weighted by molar-refractivity contribution is 0.0599. The summed E-state index contributed by atoms with van der Waals surface area (Å²) in [5.41, 5.74) is 0.505. The first kappa shape index (κ1) is 14.9. The van der Waals surface area contributed by atoms with E-state index in [1.807, 2.05) is 0 Å². The maximum Gasteiger partial charge on any atom is 0.338 e.